The molecule has 3 atom stereocenters. The van der Waals surface area contributed by atoms with E-state index in [1.54, 1.807) is 0 Å². The van der Waals surface area contributed by atoms with Crippen LogP contribution in [0.1, 0.15) is 32.8 Å². The maximum Gasteiger partial charge on any atom is 0.221 e. The molecule has 1 saturated carbocycles. The van der Waals surface area contributed by atoms with Crippen molar-refractivity contribution < 1.29 is 9.53 Å². The van der Waals surface area contributed by atoms with Crippen molar-refractivity contribution in [2.75, 3.05) is 19.0 Å². The van der Waals surface area contributed by atoms with Gasteiger partial charge < -0.3 is 10.1 Å². The second-order valence-electron chi connectivity index (χ2n) is 7.31. The normalized spacial score (nSPS) is 29.0. The Labute approximate surface area is 132 Å². The van der Waals surface area contributed by atoms with E-state index in [-0.39, 0.29) is 11.3 Å². The molecule has 1 heterocycles. The Morgan fingerprint density at radius 1 is 1.45 bits per heavy atom. The lowest BCUT2D eigenvalue weighted by atomic mass is 9.57. The highest BCUT2D eigenvalue weighted by Crippen LogP contribution is 2.54. The van der Waals surface area contributed by atoms with Gasteiger partial charge >= 0.3 is 0 Å². The topological polar surface area (TPSA) is 41.6 Å². The second-order valence-corrected chi connectivity index (χ2v) is 7.31. The fourth-order valence-electron chi connectivity index (χ4n) is 4.53. The van der Waals surface area contributed by atoms with Crippen molar-refractivity contribution in [2.45, 2.75) is 45.9 Å². The monoisotopic (exact) mass is 302 g/mol. The number of carbonyl (C=O) groups is 1. The Hall–Kier alpha value is -1.39. The molecule has 0 unspecified atom stereocenters. The molecule has 3 rings (SSSR count). The molecule has 4 nitrogen and oxygen atoms in total. The third-order valence-electron chi connectivity index (χ3n) is 5.19. The number of hydrogen-bond donors (Lipinski definition) is 1. The van der Waals surface area contributed by atoms with Gasteiger partial charge in [0.1, 0.15) is 0 Å². The predicted octanol–water partition coefficient (Wildman–Crippen LogP) is 2.89. The van der Waals surface area contributed by atoms with Crippen molar-refractivity contribution in [3.05, 3.63) is 29.8 Å². The third kappa shape index (κ3) is 2.66. The van der Waals surface area contributed by atoms with E-state index in [0.29, 0.717) is 18.1 Å². The summed E-state index contributed by atoms with van der Waals surface area (Å²) in [4.78, 5) is 13.6. The van der Waals surface area contributed by atoms with E-state index in [4.69, 9.17) is 4.74 Å². The van der Waals surface area contributed by atoms with Crippen molar-refractivity contribution in [2.24, 2.45) is 11.3 Å². The third-order valence-corrected chi connectivity index (χ3v) is 5.19. The minimum absolute atomic E-state index is 0.0309. The number of amides is 1. The van der Waals surface area contributed by atoms with Crippen LogP contribution in [0.15, 0.2) is 24.3 Å². The van der Waals surface area contributed by atoms with Crippen LogP contribution < -0.4 is 5.32 Å². The zero-order valence-corrected chi connectivity index (χ0v) is 13.9. The van der Waals surface area contributed by atoms with Crippen molar-refractivity contribution >= 4 is 11.6 Å². The SMILES string of the molecule is CC(=O)Nc1cccc(CN(C)[C@@H]2[C@@H]3CCO[C@@H]3C2(C)C)c1. The van der Waals surface area contributed by atoms with Gasteiger partial charge in [-0.1, -0.05) is 26.0 Å². The maximum atomic E-state index is 11.2. The number of nitrogens with zero attached hydrogens (tertiary/aromatic N) is 1. The fourth-order valence-corrected chi connectivity index (χ4v) is 4.53. The zero-order chi connectivity index (χ0) is 15.9. The average Bonchev–Trinajstić information content (AvgIpc) is 2.84. The summed E-state index contributed by atoms with van der Waals surface area (Å²) >= 11 is 0. The van der Waals surface area contributed by atoms with Crippen LogP contribution in [-0.2, 0) is 16.1 Å². The summed E-state index contributed by atoms with van der Waals surface area (Å²) in [6, 6.07) is 8.67. The van der Waals surface area contributed by atoms with Crippen molar-refractivity contribution in [1.29, 1.82) is 0 Å². The molecular weight excluding hydrogens is 276 g/mol. The lowest BCUT2D eigenvalue weighted by Gasteiger charge is -2.58. The quantitative estimate of drug-likeness (QED) is 0.930. The van der Waals surface area contributed by atoms with Crippen LogP contribution in [0.3, 0.4) is 0 Å². The van der Waals surface area contributed by atoms with Crippen molar-refractivity contribution in [3.63, 3.8) is 0 Å². The first-order chi connectivity index (χ1) is 10.4. The number of nitrogens with one attached hydrogen (secondary N) is 1. The first-order valence-corrected chi connectivity index (χ1v) is 8.08. The van der Waals surface area contributed by atoms with E-state index in [9.17, 15) is 4.79 Å². The Morgan fingerprint density at radius 2 is 2.23 bits per heavy atom. The molecule has 1 aromatic rings. The number of ether oxygens (including phenoxy) is 1. The lowest BCUT2D eigenvalue weighted by molar-refractivity contribution is -0.151. The minimum atomic E-state index is -0.0309. The van der Waals surface area contributed by atoms with Crippen molar-refractivity contribution in [3.8, 4) is 0 Å². The van der Waals surface area contributed by atoms with Gasteiger partial charge in [-0.15, -0.1) is 0 Å². The van der Waals surface area contributed by atoms with E-state index >= 15 is 0 Å². The van der Waals surface area contributed by atoms with Gasteiger partial charge in [0.15, 0.2) is 0 Å². The van der Waals surface area contributed by atoms with Gasteiger partial charge in [0.25, 0.3) is 0 Å². The van der Waals surface area contributed by atoms with Gasteiger partial charge in [-0.2, -0.15) is 0 Å². The Balaban J connectivity index is 1.69. The average molecular weight is 302 g/mol. The van der Waals surface area contributed by atoms with Crippen LogP contribution in [0.5, 0.6) is 0 Å². The summed E-state index contributed by atoms with van der Waals surface area (Å²) in [6.45, 7) is 7.96. The van der Waals surface area contributed by atoms with E-state index in [1.165, 1.54) is 18.9 Å². The summed E-state index contributed by atoms with van der Waals surface area (Å²) in [5, 5.41) is 2.85. The highest BCUT2D eigenvalue weighted by molar-refractivity contribution is 5.88. The van der Waals surface area contributed by atoms with Gasteiger partial charge in [0, 0.05) is 43.1 Å². The maximum absolute atomic E-state index is 11.2. The smallest absolute Gasteiger partial charge is 0.221 e. The Bertz CT molecular complexity index is 570. The van der Waals surface area contributed by atoms with Gasteiger partial charge in [-0.3, -0.25) is 9.69 Å². The molecule has 1 N–H and O–H groups in total. The number of hydrogen-bond acceptors (Lipinski definition) is 3. The zero-order valence-electron chi connectivity index (χ0n) is 13.9. The molecule has 0 spiro atoms. The largest absolute Gasteiger partial charge is 0.377 e. The van der Waals surface area contributed by atoms with Gasteiger partial charge in [-0.05, 0) is 31.2 Å². The van der Waals surface area contributed by atoms with Crippen LogP contribution in [0.25, 0.3) is 0 Å². The van der Waals surface area contributed by atoms with E-state index in [2.05, 4.69) is 43.2 Å². The van der Waals surface area contributed by atoms with Gasteiger partial charge in [-0.25, -0.2) is 0 Å². The van der Waals surface area contributed by atoms with Crippen LogP contribution in [0.2, 0.25) is 0 Å². The summed E-state index contributed by atoms with van der Waals surface area (Å²) in [7, 11) is 2.20. The molecule has 22 heavy (non-hydrogen) atoms. The predicted molar refractivity (Wildman–Crippen MR) is 87.6 cm³/mol. The molecular formula is C18H26N2O2. The van der Waals surface area contributed by atoms with Gasteiger partial charge in [0.2, 0.25) is 5.91 Å². The van der Waals surface area contributed by atoms with Crippen LogP contribution in [-0.4, -0.2) is 36.6 Å². The summed E-state index contributed by atoms with van der Waals surface area (Å²) in [5.41, 5.74) is 2.31. The highest BCUT2D eigenvalue weighted by atomic mass is 16.5. The molecule has 1 aromatic carbocycles. The van der Waals surface area contributed by atoms with Crippen LogP contribution in [0.4, 0.5) is 5.69 Å². The van der Waals surface area contributed by atoms with Crippen LogP contribution >= 0.6 is 0 Å². The molecule has 1 aliphatic carbocycles. The Kier molecular flexibility index (Phi) is 4.00. The summed E-state index contributed by atoms with van der Waals surface area (Å²) < 4.78 is 5.89. The molecule has 0 aromatic heterocycles. The Morgan fingerprint density at radius 3 is 2.95 bits per heavy atom. The number of fused-ring (bicyclic) bond motifs is 1. The number of rotatable bonds is 4. The second kappa shape index (κ2) is 5.67. The molecule has 0 bridgehead atoms. The molecule has 0 radical (unpaired) electrons. The minimum Gasteiger partial charge on any atom is -0.377 e. The van der Waals surface area contributed by atoms with Crippen LogP contribution in [0, 0.1) is 11.3 Å². The first-order valence-electron chi connectivity index (χ1n) is 8.08. The summed E-state index contributed by atoms with van der Waals surface area (Å²) in [6.07, 6.45) is 1.60. The molecule has 1 amide bonds. The number of benzene rings is 1. The fraction of sp³-hybridized carbons (Fsp3) is 0.611. The highest BCUT2D eigenvalue weighted by Gasteiger charge is 2.60. The molecule has 4 heteroatoms. The molecule has 1 aliphatic heterocycles. The summed E-state index contributed by atoms with van der Waals surface area (Å²) in [5.74, 6) is 0.634. The van der Waals surface area contributed by atoms with Gasteiger partial charge in [0.05, 0.1) is 6.10 Å². The lowest BCUT2D eigenvalue weighted by Crippen LogP contribution is -2.65. The molecule has 2 aliphatic rings. The molecule has 2 fully saturated rings. The van der Waals surface area contributed by atoms with E-state index in [1.807, 2.05) is 12.1 Å². The first kappa shape index (κ1) is 15.5. The standard InChI is InChI=1S/C18H26N2O2/c1-12(21)19-14-7-5-6-13(10-14)11-20(4)16-15-8-9-22-17(15)18(16,2)3/h5-7,10,15-17H,8-9,11H2,1-4H3,(H,19,21)/t15-,16+,17-/m0/s1. The number of carbonyl (C=O) groups excluding carboxylic acids is 1. The number of anilines is 1. The molecule has 120 valence electrons. The van der Waals surface area contributed by atoms with E-state index < -0.39 is 0 Å². The van der Waals surface area contributed by atoms with E-state index in [0.717, 1.165) is 18.8 Å². The molecule has 1 saturated heterocycles. The van der Waals surface area contributed by atoms with Crippen molar-refractivity contribution in [1.82, 2.24) is 4.90 Å².